The second-order valence-corrected chi connectivity index (χ2v) is 5.20. The molecule has 1 saturated heterocycles. The van der Waals surface area contributed by atoms with E-state index in [9.17, 15) is 10.2 Å². The van der Waals surface area contributed by atoms with E-state index in [0.717, 1.165) is 19.3 Å². The molecular formula is C15H28O5. The van der Waals surface area contributed by atoms with Gasteiger partial charge in [-0.25, -0.2) is 0 Å². The fourth-order valence-corrected chi connectivity index (χ4v) is 2.20. The van der Waals surface area contributed by atoms with Crippen molar-refractivity contribution >= 4 is 0 Å². The number of hydrogen-bond acceptors (Lipinski definition) is 5. The van der Waals surface area contributed by atoms with Gasteiger partial charge in [0.05, 0.1) is 13.2 Å². The van der Waals surface area contributed by atoms with Crippen molar-refractivity contribution < 1.29 is 24.8 Å². The Hall–Kier alpha value is -0.460. The van der Waals surface area contributed by atoms with Crippen molar-refractivity contribution in [1.29, 1.82) is 0 Å². The standard InChI is InChI=1S/C15H28O5/c1-2-3-4-5-6-7-8-9-19-13-11-20-15(14(13)18)12(17)10-16/h5-6,12-18H,2-4,7-11H2,1H3/b6-5+/t12-,13+,14-,15-/m0/s1. The van der Waals surface area contributed by atoms with Crippen LogP contribution in [0.2, 0.25) is 0 Å². The van der Waals surface area contributed by atoms with Gasteiger partial charge < -0.3 is 24.8 Å². The van der Waals surface area contributed by atoms with Gasteiger partial charge in [-0.15, -0.1) is 0 Å². The fourth-order valence-electron chi connectivity index (χ4n) is 2.20. The van der Waals surface area contributed by atoms with Gasteiger partial charge in [-0.3, -0.25) is 0 Å². The maximum Gasteiger partial charge on any atom is 0.114 e. The summed E-state index contributed by atoms with van der Waals surface area (Å²) in [4.78, 5) is 0. The molecule has 1 aliphatic heterocycles. The predicted molar refractivity (Wildman–Crippen MR) is 76.5 cm³/mol. The summed E-state index contributed by atoms with van der Waals surface area (Å²) in [6.07, 6.45) is 6.72. The summed E-state index contributed by atoms with van der Waals surface area (Å²) in [5.41, 5.74) is 0. The topological polar surface area (TPSA) is 79.2 Å². The molecule has 1 rings (SSSR count). The molecule has 0 amide bonds. The molecule has 5 heteroatoms. The van der Waals surface area contributed by atoms with Gasteiger partial charge in [0.15, 0.2) is 0 Å². The Kier molecular flexibility index (Phi) is 9.05. The van der Waals surface area contributed by atoms with Gasteiger partial charge in [-0.05, 0) is 19.3 Å². The number of aliphatic hydroxyl groups is 3. The SMILES string of the molecule is CCCC/C=C/CCCO[C@@H]1CO[C@@H]([C@@H](O)CO)[C@H]1O. The molecule has 0 spiro atoms. The maximum atomic E-state index is 9.91. The molecule has 0 unspecified atom stereocenters. The van der Waals surface area contributed by atoms with Crippen molar-refractivity contribution in [2.45, 2.75) is 63.4 Å². The molecule has 0 saturated carbocycles. The normalized spacial score (nSPS) is 28.3. The molecule has 0 radical (unpaired) electrons. The minimum absolute atomic E-state index is 0.259. The van der Waals surface area contributed by atoms with Crippen LogP contribution in [-0.4, -0.2) is 59.6 Å². The molecule has 5 nitrogen and oxygen atoms in total. The predicted octanol–water partition coefficient (Wildman–Crippen LogP) is 1.01. The zero-order valence-corrected chi connectivity index (χ0v) is 12.3. The second kappa shape index (κ2) is 10.3. The second-order valence-electron chi connectivity index (χ2n) is 5.20. The minimum Gasteiger partial charge on any atom is -0.394 e. The molecule has 118 valence electrons. The number of rotatable bonds is 10. The molecule has 0 aliphatic carbocycles. The van der Waals surface area contributed by atoms with E-state index in [1.807, 2.05) is 0 Å². The number of unbranched alkanes of at least 4 members (excludes halogenated alkanes) is 3. The molecule has 0 aromatic rings. The van der Waals surface area contributed by atoms with Gasteiger partial charge in [-0.1, -0.05) is 31.9 Å². The first kappa shape index (κ1) is 17.6. The van der Waals surface area contributed by atoms with E-state index in [0.29, 0.717) is 6.61 Å². The summed E-state index contributed by atoms with van der Waals surface area (Å²) in [7, 11) is 0. The van der Waals surface area contributed by atoms with Crippen LogP contribution in [0.4, 0.5) is 0 Å². The van der Waals surface area contributed by atoms with Crippen molar-refractivity contribution in [3.63, 3.8) is 0 Å². The summed E-state index contributed by atoms with van der Waals surface area (Å²) >= 11 is 0. The van der Waals surface area contributed by atoms with Gasteiger partial charge in [0.25, 0.3) is 0 Å². The van der Waals surface area contributed by atoms with Gasteiger partial charge in [0.2, 0.25) is 0 Å². The molecule has 0 aromatic carbocycles. The quantitative estimate of drug-likeness (QED) is 0.413. The monoisotopic (exact) mass is 288 g/mol. The van der Waals surface area contributed by atoms with Crippen LogP contribution in [0.15, 0.2) is 12.2 Å². The Balaban J connectivity index is 2.09. The number of allylic oxidation sites excluding steroid dienone is 2. The highest BCUT2D eigenvalue weighted by atomic mass is 16.6. The lowest BCUT2D eigenvalue weighted by molar-refractivity contribution is -0.0729. The zero-order chi connectivity index (χ0) is 14.8. The Bertz CT molecular complexity index is 269. The van der Waals surface area contributed by atoms with Crippen molar-refractivity contribution in [3.8, 4) is 0 Å². The average molecular weight is 288 g/mol. The Morgan fingerprint density at radius 1 is 1.30 bits per heavy atom. The lowest BCUT2D eigenvalue weighted by atomic mass is 10.1. The van der Waals surface area contributed by atoms with Gasteiger partial charge in [0, 0.05) is 6.61 Å². The van der Waals surface area contributed by atoms with E-state index in [1.54, 1.807) is 0 Å². The van der Waals surface area contributed by atoms with Crippen LogP contribution < -0.4 is 0 Å². The number of hydrogen-bond donors (Lipinski definition) is 3. The van der Waals surface area contributed by atoms with Gasteiger partial charge >= 0.3 is 0 Å². The largest absolute Gasteiger partial charge is 0.394 e. The third-order valence-electron chi connectivity index (χ3n) is 3.47. The van der Waals surface area contributed by atoms with Crippen LogP contribution in [0, 0.1) is 0 Å². The first-order valence-electron chi connectivity index (χ1n) is 7.55. The third-order valence-corrected chi connectivity index (χ3v) is 3.47. The highest BCUT2D eigenvalue weighted by Gasteiger charge is 2.40. The Morgan fingerprint density at radius 3 is 2.65 bits per heavy atom. The first-order chi connectivity index (χ1) is 9.70. The van der Waals surface area contributed by atoms with Crippen LogP contribution in [0.1, 0.15) is 39.0 Å². The van der Waals surface area contributed by atoms with Crippen LogP contribution >= 0.6 is 0 Å². The molecule has 3 N–H and O–H groups in total. The molecule has 20 heavy (non-hydrogen) atoms. The van der Waals surface area contributed by atoms with E-state index < -0.39 is 31.0 Å². The molecule has 1 aliphatic rings. The fraction of sp³-hybridized carbons (Fsp3) is 0.867. The van der Waals surface area contributed by atoms with E-state index in [1.165, 1.54) is 12.8 Å². The minimum atomic E-state index is -1.06. The van der Waals surface area contributed by atoms with Gasteiger partial charge in [0.1, 0.15) is 24.4 Å². The number of ether oxygens (including phenoxy) is 2. The lowest BCUT2D eigenvalue weighted by Gasteiger charge is -2.20. The molecular weight excluding hydrogens is 260 g/mol. The maximum absolute atomic E-state index is 9.91. The van der Waals surface area contributed by atoms with Crippen molar-refractivity contribution in [2.24, 2.45) is 0 Å². The molecule has 1 heterocycles. The smallest absolute Gasteiger partial charge is 0.114 e. The van der Waals surface area contributed by atoms with Crippen LogP contribution in [0.25, 0.3) is 0 Å². The summed E-state index contributed by atoms with van der Waals surface area (Å²) in [6.45, 7) is 2.58. The summed E-state index contributed by atoms with van der Waals surface area (Å²) < 4.78 is 10.8. The van der Waals surface area contributed by atoms with Crippen molar-refractivity contribution in [1.82, 2.24) is 0 Å². The van der Waals surface area contributed by atoms with Crippen LogP contribution in [0.3, 0.4) is 0 Å². The Morgan fingerprint density at radius 2 is 2.00 bits per heavy atom. The highest BCUT2D eigenvalue weighted by Crippen LogP contribution is 2.20. The van der Waals surface area contributed by atoms with Crippen molar-refractivity contribution in [3.05, 3.63) is 12.2 Å². The van der Waals surface area contributed by atoms with E-state index in [-0.39, 0.29) is 6.61 Å². The third kappa shape index (κ3) is 5.89. The van der Waals surface area contributed by atoms with Crippen molar-refractivity contribution in [2.75, 3.05) is 19.8 Å². The summed E-state index contributed by atoms with van der Waals surface area (Å²) in [5.74, 6) is 0. The molecule has 0 aromatic heterocycles. The molecule has 4 atom stereocenters. The first-order valence-corrected chi connectivity index (χ1v) is 7.55. The molecule has 0 bridgehead atoms. The van der Waals surface area contributed by atoms with E-state index in [4.69, 9.17) is 14.6 Å². The van der Waals surface area contributed by atoms with Crippen LogP contribution in [-0.2, 0) is 9.47 Å². The Labute approximate surface area is 121 Å². The highest BCUT2D eigenvalue weighted by molar-refractivity contribution is 4.89. The molecule has 1 fully saturated rings. The van der Waals surface area contributed by atoms with E-state index in [2.05, 4.69) is 19.1 Å². The number of aliphatic hydroxyl groups excluding tert-OH is 3. The summed E-state index contributed by atoms with van der Waals surface area (Å²) in [5, 5.41) is 28.2. The van der Waals surface area contributed by atoms with Gasteiger partial charge in [-0.2, -0.15) is 0 Å². The zero-order valence-electron chi connectivity index (χ0n) is 12.3. The lowest BCUT2D eigenvalue weighted by Crippen LogP contribution is -2.41. The average Bonchev–Trinajstić information content (AvgIpc) is 2.82. The summed E-state index contributed by atoms with van der Waals surface area (Å²) in [6, 6.07) is 0. The van der Waals surface area contributed by atoms with E-state index >= 15 is 0 Å². The van der Waals surface area contributed by atoms with Crippen LogP contribution in [0.5, 0.6) is 0 Å².